The highest BCUT2D eigenvalue weighted by atomic mass is 79.9. The van der Waals surface area contributed by atoms with E-state index in [0.29, 0.717) is 12.2 Å². The summed E-state index contributed by atoms with van der Waals surface area (Å²) < 4.78 is 47.1. The zero-order valence-electron chi connectivity index (χ0n) is 17.3. The average molecular weight is 499 g/mol. The van der Waals surface area contributed by atoms with Gasteiger partial charge in [0.25, 0.3) is 0 Å². The average Bonchev–Trinajstić information content (AvgIpc) is 2.71. The molecule has 0 N–H and O–H groups in total. The fraction of sp³-hybridized carbons (Fsp3) is 0.409. The molecule has 2 aromatic rings. The molecular formula is C22H26BrFNO4S+. The van der Waals surface area contributed by atoms with Gasteiger partial charge >= 0.3 is 15.9 Å². The summed E-state index contributed by atoms with van der Waals surface area (Å²) in [7, 11) is -4.22. The molecule has 3 rings (SSSR count). The summed E-state index contributed by atoms with van der Waals surface area (Å²) >= 11 is 3.36. The summed E-state index contributed by atoms with van der Waals surface area (Å²) in [5, 5.41) is 0.819. The summed E-state index contributed by atoms with van der Waals surface area (Å²) in [6.07, 6.45) is 1.62. The predicted molar refractivity (Wildman–Crippen MR) is 119 cm³/mol. The lowest BCUT2D eigenvalue weighted by Gasteiger charge is -2.42. The van der Waals surface area contributed by atoms with Crippen LogP contribution in [0.25, 0.3) is 0 Å². The summed E-state index contributed by atoms with van der Waals surface area (Å²) in [5.74, 6) is -1.59. The van der Waals surface area contributed by atoms with Gasteiger partial charge in [-0.3, -0.25) is 0 Å². The van der Waals surface area contributed by atoms with E-state index in [-0.39, 0.29) is 16.3 Å². The van der Waals surface area contributed by atoms with E-state index >= 15 is 0 Å². The molecule has 2 atom stereocenters. The van der Waals surface area contributed by atoms with Crippen LogP contribution in [-0.2, 0) is 14.8 Å². The zero-order valence-corrected chi connectivity index (χ0v) is 19.7. The first-order chi connectivity index (χ1) is 14.2. The third-order valence-electron chi connectivity index (χ3n) is 5.53. The largest absolute Gasteiger partial charge is 0.487 e. The van der Waals surface area contributed by atoms with Crippen molar-refractivity contribution in [3.63, 3.8) is 0 Å². The van der Waals surface area contributed by atoms with Crippen LogP contribution in [0.5, 0.6) is 5.75 Å². The summed E-state index contributed by atoms with van der Waals surface area (Å²) in [6, 6.07) is 9.59. The molecule has 2 unspecified atom stereocenters. The summed E-state index contributed by atoms with van der Waals surface area (Å²) in [6.45, 7) is 5.36. The zero-order chi connectivity index (χ0) is 22.1. The van der Waals surface area contributed by atoms with Gasteiger partial charge in [0.1, 0.15) is 16.8 Å². The van der Waals surface area contributed by atoms with E-state index in [1.54, 1.807) is 39.0 Å². The highest BCUT2D eigenvalue weighted by Crippen LogP contribution is 2.48. The number of carbonyl (C=O) groups is 1. The molecule has 5 nitrogen and oxygen atoms in total. The van der Waals surface area contributed by atoms with E-state index in [4.69, 9.17) is 4.74 Å². The SMILES string of the molecule is CC1C(=O)[N+](c2cc(F)ccc2OCCCCBr)(C(C)C)S(=O)(=O)c2ccccc21. The van der Waals surface area contributed by atoms with Crippen LogP contribution in [0.1, 0.15) is 45.1 Å². The maximum Gasteiger partial charge on any atom is 0.341 e. The summed E-state index contributed by atoms with van der Waals surface area (Å²) in [5.41, 5.74) is 0.489. The number of hydrogen-bond acceptors (Lipinski definition) is 4. The van der Waals surface area contributed by atoms with Gasteiger partial charge in [-0.15, -0.1) is 3.89 Å². The molecule has 162 valence electrons. The number of ether oxygens (including phenoxy) is 1. The molecule has 1 heterocycles. The highest BCUT2D eigenvalue weighted by Gasteiger charge is 2.61. The molecule has 0 aliphatic carbocycles. The second-order valence-electron chi connectivity index (χ2n) is 7.68. The molecule has 0 saturated heterocycles. The number of nitrogens with zero attached hydrogens (tertiary/aromatic N) is 1. The van der Waals surface area contributed by atoms with Gasteiger partial charge in [-0.25, -0.2) is 9.18 Å². The van der Waals surface area contributed by atoms with Crippen molar-refractivity contribution in [2.75, 3.05) is 11.9 Å². The van der Waals surface area contributed by atoms with Crippen LogP contribution in [0.3, 0.4) is 0 Å². The molecule has 2 aromatic carbocycles. The van der Waals surface area contributed by atoms with E-state index < -0.39 is 37.6 Å². The maximum absolute atomic E-state index is 14.4. The Morgan fingerprint density at radius 1 is 1.17 bits per heavy atom. The molecular weight excluding hydrogens is 473 g/mol. The van der Waals surface area contributed by atoms with E-state index in [1.165, 1.54) is 18.2 Å². The van der Waals surface area contributed by atoms with Crippen LogP contribution in [0, 0.1) is 5.82 Å². The molecule has 0 saturated carbocycles. The van der Waals surface area contributed by atoms with Crippen LogP contribution in [0.2, 0.25) is 0 Å². The number of hydrogen-bond donors (Lipinski definition) is 0. The molecule has 1 aliphatic heterocycles. The van der Waals surface area contributed by atoms with E-state index in [0.717, 1.165) is 24.2 Å². The lowest BCUT2D eigenvalue weighted by atomic mass is 9.98. The Hall–Kier alpha value is -1.77. The van der Waals surface area contributed by atoms with E-state index in [2.05, 4.69) is 15.9 Å². The van der Waals surface area contributed by atoms with Crippen molar-refractivity contribution in [2.45, 2.75) is 50.5 Å². The van der Waals surface area contributed by atoms with Crippen molar-refractivity contribution < 1.29 is 22.3 Å². The molecule has 0 aromatic heterocycles. The van der Waals surface area contributed by atoms with Crippen molar-refractivity contribution >= 4 is 37.5 Å². The fourth-order valence-corrected chi connectivity index (χ4v) is 6.93. The highest BCUT2D eigenvalue weighted by molar-refractivity contribution is 9.09. The van der Waals surface area contributed by atoms with Crippen LogP contribution in [0.4, 0.5) is 10.1 Å². The van der Waals surface area contributed by atoms with Gasteiger partial charge in [-0.05, 0) is 57.4 Å². The number of carbonyl (C=O) groups excluding carboxylic acids is 1. The number of unbranched alkanes of at least 4 members (excludes halogenated alkanes) is 1. The number of quaternary nitrogens is 1. The Kier molecular flexibility index (Phi) is 6.69. The number of alkyl halides is 1. The van der Waals surface area contributed by atoms with Gasteiger partial charge in [0.15, 0.2) is 5.75 Å². The Morgan fingerprint density at radius 2 is 1.87 bits per heavy atom. The number of fused-ring (bicyclic) bond motifs is 1. The molecule has 30 heavy (non-hydrogen) atoms. The normalized spacial score (nSPS) is 22.7. The minimum atomic E-state index is -4.22. The first kappa shape index (κ1) is 22.9. The molecule has 1 amide bonds. The predicted octanol–water partition coefficient (Wildman–Crippen LogP) is 5.13. The van der Waals surface area contributed by atoms with Gasteiger partial charge in [0.05, 0.1) is 12.5 Å². The molecule has 0 fully saturated rings. The number of amides is 1. The molecule has 8 heteroatoms. The second kappa shape index (κ2) is 8.77. The Labute approximate surface area is 185 Å². The van der Waals surface area contributed by atoms with Crippen LogP contribution < -0.4 is 8.63 Å². The van der Waals surface area contributed by atoms with Gasteiger partial charge in [-0.1, -0.05) is 34.1 Å². The topological polar surface area (TPSA) is 60.4 Å². The Balaban J connectivity index is 2.28. The van der Waals surface area contributed by atoms with Crippen LogP contribution in [-0.4, -0.2) is 32.3 Å². The van der Waals surface area contributed by atoms with Crippen molar-refractivity contribution in [2.24, 2.45) is 0 Å². The lowest BCUT2D eigenvalue weighted by molar-refractivity contribution is -0.128. The molecule has 1 aliphatic rings. The fourth-order valence-electron chi connectivity index (χ4n) is 4.08. The van der Waals surface area contributed by atoms with Crippen LogP contribution >= 0.6 is 15.9 Å². The number of rotatable bonds is 7. The molecule has 0 spiro atoms. The summed E-state index contributed by atoms with van der Waals surface area (Å²) in [4.78, 5) is 13.8. The first-order valence-electron chi connectivity index (χ1n) is 9.95. The quantitative estimate of drug-likeness (QED) is 0.301. The van der Waals surface area contributed by atoms with Crippen LogP contribution in [0.15, 0.2) is 47.4 Å². The van der Waals surface area contributed by atoms with Crippen molar-refractivity contribution in [1.82, 2.24) is 3.89 Å². The second-order valence-corrected chi connectivity index (χ2v) is 10.4. The van der Waals surface area contributed by atoms with E-state index in [9.17, 15) is 17.6 Å². The maximum atomic E-state index is 14.4. The van der Waals surface area contributed by atoms with Gasteiger partial charge in [0, 0.05) is 11.4 Å². The number of sulfonamides is 1. The third kappa shape index (κ3) is 3.48. The third-order valence-corrected chi connectivity index (χ3v) is 8.58. The van der Waals surface area contributed by atoms with Crippen molar-refractivity contribution in [3.8, 4) is 5.75 Å². The standard InChI is InChI=1S/C22H26BrFNO4S/c1-15(2)25(19-14-17(24)10-11-20(19)29-13-7-6-12-23)22(26)16(3)18-8-4-5-9-21(18)30(25,27)28/h4-5,8-11,14-16H,6-7,12-13H2,1-3H3/q+1. The Morgan fingerprint density at radius 3 is 2.53 bits per heavy atom. The molecule has 0 bridgehead atoms. The monoisotopic (exact) mass is 498 g/mol. The number of benzene rings is 2. The minimum absolute atomic E-state index is 0.0233. The van der Waals surface area contributed by atoms with E-state index in [1.807, 2.05) is 0 Å². The molecule has 0 radical (unpaired) electrons. The van der Waals surface area contributed by atoms with Gasteiger partial charge in [-0.2, -0.15) is 8.42 Å². The smallest absolute Gasteiger partial charge is 0.341 e. The van der Waals surface area contributed by atoms with Crippen molar-refractivity contribution in [3.05, 3.63) is 53.8 Å². The van der Waals surface area contributed by atoms with Gasteiger partial charge in [0.2, 0.25) is 5.69 Å². The number of halogens is 2. The van der Waals surface area contributed by atoms with Crippen molar-refractivity contribution in [1.29, 1.82) is 0 Å². The van der Waals surface area contributed by atoms with Gasteiger partial charge < -0.3 is 4.74 Å². The first-order valence-corrected chi connectivity index (χ1v) is 12.5. The minimum Gasteiger partial charge on any atom is -0.487 e. The lowest BCUT2D eigenvalue weighted by Crippen LogP contribution is -2.65. The Bertz CT molecular complexity index is 1060.